The van der Waals surface area contributed by atoms with Crippen LogP contribution in [0.3, 0.4) is 0 Å². The van der Waals surface area contributed by atoms with Gasteiger partial charge in [0.25, 0.3) is 0 Å². The van der Waals surface area contributed by atoms with Crippen LogP contribution in [0.5, 0.6) is 11.5 Å². The summed E-state index contributed by atoms with van der Waals surface area (Å²) < 4.78 is 752. The van der Waals surface area contributed by atoms with Crippen molar-refractivity contribution in [3.63, 3.8) is 0 Å². The Morgan fingerprint density at radius 2 is 0.347 bits per heavy atom. The van der Waals surface area contributed by atoms with E-state index >= 15 is 70.2 Å². The lowest BCUT2D eigenvalue weighted by molar-refractivity contribution is -0.441. The van der Waals surface area contributed by atoms with E-state index in [1.54, 1.807) is 0 Å². The van der Waals surface area contributed by atoms with Crippen LogP contribution >= 0.6 is 15.8 Å². The maximum Gasteiger partial charge on any atom is 0.460 e. The van der Waals surface area contributed by atoms with Gasteiger partial charge in [0.15, 0.2) is 0 Å². The van der Waals surface area contributed by atoms with Crippen LogP contribution < -0.4 is 36.6 Å². The van der Waals surface area contributed by atoms with E-state index in [1.807, 2.05) is 0 Å². The highest BCUT2D eigenvalue weighted by atomic mass is 31.1. The molecule has 0 aromatic heterocycles. The van der Waals surface area contributed by atoms with Crippen molar-refractivity contribution >= 4 is 47.7 Å². The quantitative estimate of drug-likeness (QED) is 0.0388. The Bertz CT molecular complexity index is 4130. The van der Waals surface area contributed by atoms with Crippen LogP contribution in [0.2, 0.25) is 0 Å². The first kappa shape index (κ1) is 97.5. The second-order valence-electron chi connectivity index (χ2n) is 25.4. The van der Waals surface area contributed by atoms with Crippen LogP contribution in [0.15, 0.2) is 133 Å². The molecule has 0 unspecified atom stereocenters. The molecular weight excluding hydrogens is 1820 g/mol. The number of benzene rings is 6. The average molecular weight is 1850 g/mol. The number of ether oxygens (including phenoxy) is 1. The Hall–Kier alpha value is -7.66. The van der Waals surface area contributed by atoms with Gasteiger partial charge in [-0.1, -0.05) is 147 Å². The number of hydrogen-bond donors (Lipinski definition) is 0. The van der Waals surface area contributed by atoms with Crippen LogP contribution in [0.4, 0.5) is 228 Å². The Morgan fingerprint density at radius 3 is 0.500 bits per heavy atom. The molecule has 660 valence electrons. The van der Waals surface area contributed by atoms with Gasteiger partial charge in [-0.2, -0.15) is 228 Å². The van der Waals surface area contributed by atoms with Crippen molar-refractivity contribution in [2.75, 3.05) is 0 Å². The van der Waals surface area contributed by atoms with Gasteiger partial charge in [0.1, 0.15) is 11.5 Å². The molecule has 0 saturated heterocycles. The number of para-hydroxylation sites is 2. The minimum atomic E-state index is -8.59. The molecule has 0 fully saturated rings. The van der Waals surface area contributed by atoms with E-state index in [0.29, 0.717) is 12.1 Å². The van der Waals surface area contributed by atoms with Gasteiger partial charge in [0, 0.05) is 49.4 Å². The van der Waals surface area contributed by atoms with Gasteiger partial charge in [-0.05, 0) is 37.1 Å². The molecule has 55 heteroatoms. The summed E-state index contributed by atoms with van der Waals surface area (Å²) in [5.74, 6) is -166. The third kappa shape index (κ3) is 13.5. The first-order valence-corrected chi connectivity index (χ1v) is 32.5. The molecule has 0 N–H and O–H groups in total. The molecule has 1 aliphatic rings. The van der Waals surface area contributed by atoms with Gasteiger partial charge in [0.2, 0.25) is 0 Å². The molecule has 1 nitrogen and oxygen atoms in total. The molecular formula is C63H28F52OP2. The van der Waals surface area contributed by atoms with Crippen molar-refractivity contribution in [3.05, 3.63) is 167 Å². The van der Waals surface area contributed by atoms with E-state index in [9.17, 15) is 158 Å². The fraction of sp³-hybridized carbons (Fsp3) is 0.429. The molecule has 0 radical (unpaired) electrons. The summed E-state index contributed by atoms with van der Waals surface area (Å²) in [5.41, 5.74) is -14.9. The maximum absolute atomic E-state index is 15.7. The first-order valence-electron chi connectivity index (χ1n) is 29.9. The average Bonchev–Trinajstić information content (AvgIpc) is 0.715. The second-order valence-corrected chi connectivity index (χ2v) is 29.7. The topological polar surface area (TPSA) is 9.23 Å². The van der Waals surface area contributed by atoms with Crippen LogP contribution in [-0.4, -0.2) is 119 Å². The van der Waals surface area contributed by atoms with Crippen molar-refractivity contribution in [3.8, 4) is 11.5 Å². The largest absolute Gasteiger partial charge is 0.460 e. The highest BCUT2D eigenvalue weighted by Crippen LogP contribution is 2.68. The molecule has 6 aromatic carbocycles. The summed E-state index contributed by atoms with van der Waals surface area (Å²) in [5, 5.41) is -6.72. The van der Waals surface area contributed by atoms with Crippen molar-refractivity contribution in [1.29, 1.82) is 0 Å². The third-order valence-corrected chi connectivity index (χ3v) is 22.6. The van der Waals surface area contributed by atoms with E-state index < -0.39 is 290 Å². The van der Waals surface area contributed by atoms with E-state index in [-0.39, 0.29) is 48.5 Å². The molecule has 1 aliphatic heterocycles. The van der Waals surface area contributed by atoms with Crippen molar-refractivity contribution < 1.29 is 233 Å². The monoisotopic (exact) mass is 1850 g/mol. The van der Waals surface area contributed by atoms with Gasteiger partial charge in [0.05, 0.1) is 0 Å². The summed E-state index contributed by atoms with van der Waals surface area (Å²) in [4.78, 5) is 0. The zero-order valence-corrected chi connectivity index (χ0v) is 56.9. The Balaban J connectivity index is 1.53. The van der Waals surface area contributed by atoms with Gasteiger partial charge in [-0.15, -0.1) is 0 Å². The smallest absolute Gasteiger partial charge is 0.455 e. The van der Waals surface area contributed by atoms with Crippen LogP contribution in [0, 0.1) is 0 Å². The summed E-state index contributed by atoms with van der Waals surface area (Å²) in [6.45, 7) is 1.91. The van der Waals surface area contributed by atoms with Crippen molar-refractivity contribution in [1.82, 2.24) is 0 Å². The molecule has 7 rings (SSSR count). The third-order valence-electron chi connectivity index (χ3n) is 17.7. The van der Waals surface area contributed by atoms with Gasteiger partial charge < -0.3 is 4.74 Å². The molecule has 0 amide bonds. The predicted molar refractivity (Wildman–Crippen MR) is 301 cm³/mol. The lowest BCUT2D eigenvalue weighted by Gasteiger charge is -2.40. The Morgan fingerprint density at radius 1 is 0.195 bits per heavy atom. The molecule has 1 heterocycles. The number of rotatable bonds is 26. The lowest BCUT2D eigenvalue weighted by atomic mass is 9.76. The maximum atomic E-state index is 15.7. The zero-order valence-electron chi connectivity index (χ0n) is 55.2. The minimum Gasteiger partial charge on any atom is -0.455 e. The molecule has 0 aliphatic carbocycles. The number of alkyl halides is 52. The van der Waals surface area contributed by atoms with Crippen LogP contribution in [-0.2, 0) is 29.1 Å². The van der Waals surface area contributed by atoms with Gasteiger partial charge in [-0.25, -0.2) is 0 Å². The van der Waals surface area contributed by atoms with E-state index in [0.717, 1.165) is 38.1 Å². The Labute approximate surface area is 620 Å². The molecule has 0 bridgehead atoms. The number of hydrogen-bond acceptors (Lipinski definition) is 1. The number of fused-ring (bicyclic) bond motifs is 2. The van der Waals surface area contributed by atoms with Gasteiger partial charge in [-0.3, -0.25) is 0 Å². The molecule has 0 spiro atoms. The Kier molecular flexibility index (Phi) is 23.3. The van der Waals surface area contributed by atoms with E-state index in [1.165, 1.54) is 0 Å². The van der Waals surface area contributed by atoms with E-state index in [4.69, 9.17) is 4.74 Å². The van der Waals surface area contributed by atoms with Crippen molar-refractivity contribution in [2.24, 2.45) is 0 Å². The van der Waals surface area contributed by atoms with E-state index in [2.05, 4.69) is 0 Å². The summed E-state index contributed by atoms with van der Waals surface area (Å²) in [7, 11) is -7.46. The molecule has 6 aromatic rings. The van der Waals surface area contributed by atoms with Crippen LogP contribution in [0.25, 0.3) is 0 Å². The standard InChI is InChI=1S/C63H28F52OP2/c1-39(2)33-5-3-7-35(117(29-17-9-25(10-18-29)40(64,65)44(72,73)48(80,81)52(88,89)56(96,97)60(104,105)106)30-19-11-26(12-20-30)41(66,67)45(74,75)49(82,83)53(90,91)57(98,99)61(107,108)109)37(33)116-38-34(39)6-4-8-36(38)118(31-21-13-27(14-22-31)42(68,69)46(76,77)50(84,85)54(92,93)58(100,101)62(110,111)112)32-23-15-28(16-24-32)43(70,71)47(78,79)51(86,87)55(94,95)59(102,103)63(113,114)115/h3-24H,1-2H3. The molecule has 0 saturated carbocycles. The summed E-state index contributed by atoms with van der Waals surface area (Å²) in [6, 6.07) is -2.62. The second kappa shape index (κ2) is 28.2. The summed E-state index contributed by atoms with van der Waals surface area (Å²) in [6.07, 6.45) is -32.0. The molecule has 118 heavy (non-hydrogen) atoms. The minimum absolute atomic E-state index is 0.182. The van der Waals surface area contributed by atoms with Crippen LogP contribution in [0.1, 0.15) is 47.2 Å². The SMILES string of the molecule is CC1(C)c2cccc(P(c3ccc(C(F)(F)C(F)(F)C(F)(F)C(F)(F)C(F)(F)C(F)(F)F)cc3)c3ccc(C(F)(F)C(F)(F)C(F)(F)C(F)(F)C(F)(F)C(F)(F)F)cc3)c2Oc2c(P(c3ccc(C(F)(F)C(F)(F)C(F)(F)C(F)(F)C(F)(F)C(F)(F)F)cc3)c3ccc(C(F)(F)C(F)(F)C(F)(F)C(F)(F)C(F)(F)C(F)(F)F)cc3)cccc21. The summed E-state index contributed by atoms with van der Waals surface area (Å²) >= 11 is 0. The lowest BCUT2D eigenvalue weighted by Crippen LogP contribution is -2.69. The zero-order chi connectivity index (χ0) is 92.0. The van der Waals surface area contributed by atoms with Gasteiger partial charge >= 0.3 is 143 Å². The molecule has 0 atom stereocenters. The fourth-order valence-electron chi connectivity index (χ4n) is 10.8. The predicted octanol–water partition coefficient (Wildman–Crippen LogP) is 24.4. The fourth-order valence-corrected chi connectivity index (χ4v) is 15.5. The highest BCUT2D eigenvalue weighted by molar-refractivity contribution is 7.80. The number of halogens is 52. The highest BCUT2D eigenvalue weighted by Gasteiger charge is 2.95. The normalized spacial score (nSPS) is 16.2. The van der Waals surface area contributed by atoms with Crippen molar-refractivity contribution in [2.45, 2.75) is 162 Å². The first-order chi connectivity index (χ1) is 52.0.